The van der Waals surface area contributed by atoms with Crippen LogP contribution in [-0.2, 0) is 13.1 Å². The number of aryl methyl sites for hydroxylation is 2. The molecule has 0 bridgehead atoms. The van der Waals surface area contributed by atoms with Gasteiger partial charge in [-0.1, -0.05) is 6.07 Å². The number of thiophene rings is 1. The van der Waals surface area contributed by atoms with E-state index in [9.17, 15) is 0 Å². The highest BCUT2D eigenvalue weighted by Crippen LogP contribution is 2.14. The number of aliphatic imine (C=N–C) groups is 1. The Kier molecular flexibility index (Phi) is 7.24. The summed E-state index contributed by atoms with van der Waals surface area (Å²) in [4.78, 5) is 11.9. The summed E-state index contributed by atoms with van der Waals surface area (Å²) in [5, 5.41) is 6.66. The van der Waals surface area contributed by atoms with E-state index >= 15 is 0 Å². The summed E-state index contributed by atoms with van der Waals surface area (Å²) in [5.41, 5.74) is 3.11. The summed E-state index contributed by atoms with van der Waals surface area (Å²) < 4.78 is 2.10. The topological polar surface area (TPSA) is 53.7 Å². The van der Waals surface area contributed by atoms with Crippen molar-refractivity contribution in [2.24, 2.45) is 4.99 Å². The van der Waals surface area contributed by atoms with Crippen molar-refractivity contribution < 1.29 is 0 Å². The van der Waals surface area contributed by atoms with Crippen molar-refractivity contribution in [3.05, 3.63) is 57.7 Å². The molecule has 0 saturated heterocycles. The molecular formula is C18H24IN5S. The number of hydrogen-bond donors (Lipinski definition) is 2. The first-order valence-electron chi connectivity index (χ1n) is 8.17. The molecule has 3 aromatic rings. The number of aromatic nitrogens is 2. The lowest BCUT2D eigenvalue weighted by Crippen LogP contribution is -2.36. The van der Waals surface area contributed by atoms with Gasteiger partial charge in [0.15, 0.2) is 5.96 Å². The quantitative estimate of drug-likeness (QED) is 0.339. The van der Waals surface area contributed by atoms with E-state index < -0.39 is 0 Å². The standard InChI is InChI=1S/C18H23N5S.HI/c1-4-19-18(21-11-16-9-8-14(3)24-16)20-10-15-12-23-13(2)6-5-7-17(23)22-15;/h5-9,12H,4,10-11H2,1-3H3,(H2,19,20,21);1H. The summed E-state index contributed by atoms with van der Waals surface area (Å²) in [6.07, 6.45) is 2.06. The van der Waals surface area contributed by atoms with Crippen LogP contribution in [0.2, 0.25) is 0 Å². The van der Waals surface area contributed by atoms with Crippen LogP contribution in [0.25, 0.3) is 5.65 Å². The summed E-state index contributed by atoms with van der Waals surface area (Å²) in [5.74, 6) is 0.817. The van der Waals surface area contributed by atoms with Gasteiger partial charge >= 0.3 is 0 Å². The fourth-order valence-corrected chi connectivity index (χ4v) is 3.36. The molecule has 134 valence electrons. The molecular weight excluding hydrogens is 445 g/mol. The fourth-order valence-electron chi connectivity index (χ4n) is 2.53. The molecule has 25 heavy (non-hydrogen) atoms. The molecule has 0 spiro atoms. The SMILES string of the molecule is CCNC(=NCc1cn2c(C)cccc2n1)NCc1ccc(C)s1.I. The van der Waals surface area contributed by atoms with Crippen LogP contribution in [0.15, 0.2) is 41.5 Å². The molecule has 0 aliphatic rings. The predicted molar refractivity (Wildman–Crippen MR) is 116 cm³/mol. The molecule has 3 aromatic heterocycles. The third kappa shape index (κ3) is 5.18. The van der Waals surface area contributed by atoms with Crippen LogP contribution in [0.3, 0.4) is 0 Å². The minimum atomic E-state index is 0. The fraction of sp³-hybridized carbons (Fsp3) is 0.333. The highest BCUT2D eigenvalue weighted by molar-refractivity contribution is 14.0. The van der Waals surface area contributed by atoms with E-state index in [0.29, 0.717) is 6.54 Å². The second-order valence-corrected chi connectivity index (χ2v) is 7.06. The van der Waals surface area contributed by atoms with Crippen LogP contribution in [0.5, 0.6) is 0 Å². The lowest BCUT2D eigenvalue weighted by atomic mass is 10.4. The summed E-state index contributed by atoms with van der Waals surface area (Å²) in [6.45, 7) is 8.45. The molecule has 0 aromatic carbocycles. The van der Waals surface area contributed by atoms with Crippen LogP contribution in [0.1, 0.15) is 28.1 Å². The Morgan fingerprint density at radius 3 is 2.72 bits per heavy atom. The molecule has 0 atom stereocenters. The van der Waals surface area contributed by atoms with E-state index in [0.717, 1.165) is 30.4 Å². The third-order valence-corrected chi connectivity index (χ3v) is 4.72. The van der Waals surface area contributed by atoms with E-state index in [-0.39, 0.29) is 24.0 Å². The van der Waals surface area contributed by atoms with Crippen molar-refractivity contribution in [3.8, 4) is 0 Å². The number of pyridine rings is 1. The molecule has 2 N–H and O–H groups in total. The minimum absolute atomic E-state index is 0. The summed E-state index contributed by atoms with van der Waals surface area (Å²) >= 11 is 1.81. The Bertz CT molecular complexity index is 852. The Balaban J connectivity index is 0.00000225. The zero-order chi connectivity index (χ0) is 16.9. The Labute approximate surface area is 169 Å². The second-order valence-electron chi connectivity index (χ2n) is 5.69. The van der Waals surface area contributed by atoms with Gasteiger partial charge in [0, 0.05) is 28.2 Å². The second kappa shape index (κ2) is 9.19. The van der Waals surface area contributed by atoms with Gasteiger partial charge in [-0.25, -0.2) is 9.98 Å². The van der Waals surface area contributed by atoms with Crippen LogP contribution >= 0.6 is 35.3 Å². The van der Waals surface area contributed by atoms with Gasteiger partial charge in [-0.3, -0.25) is 0 Å². The van der Waals surface area contributed by atoms with E-state index in [1.54, 1.807) is 11.3 Å². The minimum Gasteiger partial charge on any atom is -0.357 e. The zero-order valence-electron chi connectivity index (χ0n) is 14.7. The molecule has 0 aliphatic carbocycles. The summed E-state index contributed by atoms with van der Waals surface area (Å²) in [6, 6.07) is 10.4. The first-order valence-corrected chi connectivity index (χ1v) is 8.98. The van der Waals surface area contributed by atoms with E-state index in [1.165, 1.54) is 15.4 Å². The average molecular weight is 469 g/mol. The molecule has 7 heteroatoms. The van der Waals surface area contributed by atoms with Gasteiger partial charge in [0.2, 0.25) is 0 Å². The zero-order valence-corrected chi connectivity index (χ0v) is 17.9. The van der Waals surface area contributed by atoms with Gasteiger partial charge in [-0.05, 0) is 45.0 Å². The molecule has 0 saturated carbocycles. The lowest BCUT2D eigenvalue weighted by Gasteiger charge is -2.09. The van der Waals surface area contributed by atoms with Crippen LogP contribution in [-0.4, -0.2) is 21.9 Å². The van der Waals surface area contributed by atoms with Gasteiger partial charge in [-0.15, -0.1) is 35.3 Å². The number of imidazole rings is 1. The smallest absolute Gasteiger partial charge is 0.191 e. The first kappa shape index (κ1) is 19.7. The van der Waals surface area contributed by atoms with E-state index in [4.69, 9.17) is 0 Å². The molecule has 0 amide bonds. The number of halogens is 1. The van der Waals surface area contributed by atoms with Gasteiger partial charge in [0.05, 0.1) is 18.8 Å². The highest BCUT2D eigenvalue weighted by atomic mass is 127. The summed E-state index contributed by atoms with van der Waals surface area (Å²) in [7, 11) is 0. The molecule has 0 radical (unpaired) electrons. The number of nitrogens with one attached hydrogen (secondary N) is 2. The lowest BCUT2D eigenvalue weighted by molar-refractivity contribution is 0.820. The molecule has 3 heterocycles. The molecule has 3 rings (SSSR count). The number of hydrogen-bond acceptors (Lipinski definition) is 3. The van der Waals surface area contributed by atoms with Gasteiger partial charge in [0.25, 0.3) is 0 Å². The van der Waals surface area contributed by atoms with Gasteiger partial charge in [-0.2, -0.15) is 0 Å². The van der Waals surface area contributed by atoms with Crippen molar-refractivity contribution in [1.29, 1.82) is 0 Å². The number of rotatable bonds is 5. The maximum atomic E-state index is 4.65. The van der Waals surface area contributed by atoms with Crippen molar-refractivity contribution >= 4 is 46.9 Å². The molecule has 0 aliphatic heterocycles. The maximum Gasteiger partial charge on any atom is 0.191 e. The van der Waals surface area contributed by atoms with E-state index in [1.807, 2.05) is 12.1 Å². The molecule has 5 nitrogen and oxygen atoms in total. The Morgan fingerprint density at radius 1 is 1.20 bits per heavy atom. The Morgan fingerprint density at radius 2 is 2.04 bits per heavy atom. The number of guanidine groups is 1. The maximum absolute atomic E-state index is 4.65. The van der Waals surface area contributed by atoms with Crippen molar-refractivity contribution in [3.63, 3.8) is 0 Å². The monoisotopic (exact) mass is 469 g/mol. The van der Waals surface area contributed by atoms with Gasteiger partial charge in [0.1, 0.15) is 5.65 Å². The predicted octanol–water partition coefficient (Wildman–Crippen LogP) is 3.89. The van der Waals surface area contributed by atoms with Crippen molar-refractivity contribution in [2.75, 3.05) is 6.54 Å². The molecule has 0 fully saturated rings. The van der Waals surface area contributed by atoms with Crippen LogP contribution < -0.4 is 10.6 Å². The van der Waals surface area contributed by atoms with Crippen LogP contribution in [0, 0.1) is 13.8 Å². The van der Waals surface area contributed by atoms with Gasteiger partial charge < -0.3 is 15.0 Å². The Hall–Kier alpha value is -1.61. The number of nitrogens with zero attached hydrogens (tertiary/aromatic N) is 3. The highest BCUT2D eigenvalue weighted by Gasteiger charge is 2.04. The normalized spacial score (nSPS) is 11.4. The van der Waals surface area contributed by atoms with Crippen molar-refractivity contribution in [1.82, 2.24) is 20.0 Å². The third-order valence-electron chi connectivity index (χ3n) is 3.72. The average Bonchev–Trinajstić information content (AvgIpc) is 3.17. The van der Waals surface area contributed by atoms with E-state index in [2.05, 4.69) is 70.2 Å². The first-order chi connectivity index (χ1) is 11.7. The largest absolute Gasteiger partial charge is 0.357 e. The molecule has 0 unspecified atom stereocenters. The van der Waals surface area contributed by atoms with Crippen LogP contribution in [0.4, 0.5) is 0 Å². The number of fused-ring (bicyclic) bond motifs is 1. The van der Waals surface area contributed by atoms with Crippen molar-refractivity contribution in [2.45, 2.75) is 33.9 Å².